The minimum Gasteiger partial charge on any atom is -0.378 e. The molecule has 0 spiro atoms. The van der Waals surface area contributed by atoms with E-state index in [4.69, 9.17) is 9.47 Å². The van der Waals surface area contributed by atoms with E-state index >= 15 is 0 Å². The van der Waals surface area contributed by atoms with Gasteiger partial charge in [-0.2, -0.15) is 0 Å². The highest BCUT2D eigenvalue weighted by Gasteiger charge is 2.21. The van der Waals surface area contributed by atoms with Crippen LogP contribution in [-0.4, -0.2) is 63.5 Å². The zero-order valence-corrected chi connectivity index (χ0v) is 10.2. The Morgan fingerprint density at radius 2 is 2.33 bits per heavy atom. The van der Waals surface area contributed by atoms with Gasteiger partial charge < -0.3 is 14.8 Å². The van der Waals surface area contributed by atoms with Gasteiger partial charge in [0.05, 0.1) is 25.9 Å². The molecule has 0 radical (unpaired) electrons. The molecule has 1 rings (SSSR count). The van der Waals surface area contributed by atoms with Gasteiger partial charge in [-0.15, -0.1) is 0 Å². The highest BCUT2D eigenvalue weighted by molar-refractivity contribution is 4.76. The van der Waals surface area contributed by atoms with Crippen LogP contribution in [0.4, 0.5) is 0 Å². The Labute approximate surface area is 92.9 Å². The number of nitrogens with zero attached hydrogens (tertiary/aromatic N) is 1. The van der Waals surface area contributed by atoms with Gasteiger partial charge >= 0.3 is 0 Å². The van der Waals surface area contributed by atoms with Crippen LogP contribution in [-0.2, 0) is 9.47 Å². The SMILES string of the molecule is CNCC1COCCN1CCOC(C)C. The van der Waals surface area contributed by atoms with Gasteiger partial charge in [0, 0.05) is 25.7 Å². The predicted molar refractivity (Wildman–Crippen MR) is 61.2 cm³/mol. The smallest absolute Gasteiger partial charge is 0.0634 e. The van der Waals surface area contributed by atoms with Gasteiger partial charge in [-0.1, -0.05) is 0 Å². The molecule has 4 nitrogen and oxygen atoms in total. The van der Waals surface area contributed by atoms with Crippen LogP contribution in [0.1, 0.15) is 13.8 Å². The van der Waals surface area contributed by atoms with Crippen molar-refractivity contribution in [1.29, 1.82) is 0 Å². The fourth-order valence-corrected chi connectivity index (χ4v) is 1.81. The molecule has 0 aliphatic carbocycles. The van der Waals surface area contributed by atoms with Gasteiger partial charge in [0.1, 0.15) is 0 Å². The summed E-state index contributed by atoms with van der Waals surface area (Å²) in [5.41, 5.74) is 0. The summed E-state index contributed by atoms with van der Waals surface area (Å²) in [4.78, 5) is 2.45. The molecule has 0 saturated carbocycles. The maximum absolute atomic E-state index is 5.57. The quantitative estimate of drug-likeness (QED) is 0.694. The third kappa shape index (κ3) is 4.93. The normalized spacial score (nSPS) is 23.6. The van der Waals surface area contributed by atoms with Gasteiger partial charge in [-0.3, -0.25) is 4.90 Å². The molecule has 0 aromatic rings. The molecule has 4 heteroatoms. The number of rotatable bonds is 6. The topological polar surface area (TPSA) is 33.7 Å². The number of likely N-dealkylation sites (N-methyl/N-ethyl adjacent to an activating group) is 1. The molecule has 1 heterocycles. The third-order valence-electron chi connectivity index (χ3n) is 2.62. The highest BCUT2D eigenvalue weighted by atomic mass is 16.5. The van der Waals surface area contributed by atoms with Crippen molar-refractivity contribution in [2.45, 2.75) is 26.0 Å². The first-order valence-electron chi connectivity index (χ1n) is 5.82. The first kappa shape index (κ1) is 12.9. The lowest BCUT2D eigenvalue weighted by Crippen LogP contribution is -2.50. The molecule has 0 bridgehead atoms. The third-order valence-corrected chi connectivity index (χ3v) is 2.62. The fourth-order valence-electron chi connectivity index (χ4n) is 1.81. The molecule has 0 aromatic heterocycles. The first-order valence-corrected chi connectivity index (χ1v) is 5.82. The van der Waals surface area contributed by atoms with Gasteiger partial charge in [0.25, 0.3) is 0 Å². The Balaban J connectivity index is 2.23. The van der Waals surface area contributed by atoms with Gasteiger partial charge in [-0.05, 0) is 20.9 Å². The lowest BCUT2D eigenvalue weighted by Gasteiger charge is -2.35. The van der Waals surface area contributed by atoms with Gasteiger partial charge in [-0.25, -0.2) is 0 Å². The van der Waals surface area contributed by atoms with E-state index in [0.717, 1.165) is 39.5 Å². The summed E-state index contributed by atoms with van der Waals surface area (Å²) >= 11 is 0. The predicted octanol–water partition coefficient (Wildman–Crippen LogP) is 0.332. The Bertz CT molecular complexity index is 163. The van der Waals surface area contributed by atoms with Crippen LogP contribution in [0.2, 0.25) is 0 Å². The average Bonchev–Trinajstić information content (AvgIpc) is 2.20. The van der Waals surface area contributed by atoms with Crippen LogP contribution in [0.15, 0.2) is 0 Å². The number of nitrogens with one attached hydrogen (secondary N) is 1. The minimum absolute atomic E-state index is 0.328. The van der Waals surface area contributed by atoms with Crippen molar-refractivity contribution in [2.75, 3.05) is 46.5 Å². The van der Waals surface area contributed by atoms with Gasteiger partial charge in [0.2, 0.25) is 0 Å². The molecule has 1 unspecified atom stereocenters. The van der Waals surface area contributed by atoms with Crippen LogP contribution in [0.5, 0.6) is 0 Å². The standard InChI is InChI=1S/C11H24N2O2/c1-10(2)15-7-5-13-4-6-14-9-11(13)8-12-3/h10-12H,4-9H2,1-3H3. The maximum atomic E-state index is 5.57. The highest BCUT2D eigenvalue weighted by Crippen LogP contribution is 2.05. The summed E-state index contributed by atoms with van der Waals surface area (Å²) < 4.78 is 11.0. The molecule has 1 fully saturated rings. The summed E-state index contributed by atoms with van der Waals surface area (Å²) in [7, 11) is 1.98. The van der Waals surface area contributed by atoms with Crippen LogP contribution >= 0.6 is 0 Å². The lowest BCUT2D eigenvalue weighted by atomic mass is 10.2. The minimum atomic E-state index is 0.328. The fraction of sp³-hybridized carbons (Fsp3) is 1.00. The van der Waals surface area contributed by atoms with E-state index in [2.05, 4.69) is 24.1 Å². The van der Waals surface area contributed by atoms with Gasteiger partial charge in [0.15, 0.2) is 0 Å². The van der Waals surface area contributed by atoms with E-state index in [1.165, 1.54) is 0 Å². The lowest BCUT2D eigenvalue weighted by molar-refractivity contribution is -0.0251. The number of ether oxygens (including phenoxy) is 2. The molecule has 0 amide bonds. The second kappa shape index (κ2) is 7.17. The van der Waals surface area contributed by atoms with E-state index in [1.54, 1.807) is 0 Å². The van der Waals surface area contributed by atoms with Crippen LogP contribution in [0.25, 0.3) is 0 Å². The largest absolute Gasteiger partial charge is 0.378 e. The zero-order valence-electron chi connectivity index (χ0n) is 10.2. The number of morpholine rings is 1. The van der Waals surface area contributed by atoms with Crippen molar-refractivity contribution in [3.8, 4) is 0 Å². The molecular formula is C11H24N2O2. The van der Waals surface area contributed by atoms with E-state index in [0.29, 0.717) is 12.1 Å². The maximum Gasteiger partial charge on any atom is 0.0634 e. The van der Waals surface area contributed by atoms with Crippen molar-refractivity contribution in [1.82, 2.24) is 10.2 Å². The van der Waals surface area contributed by atoms with Crippen LogP contribution in [0.3, 0.4) is 0 Å². The zero-order chi connectivity index (χ0) is 11.1. The number of hydrogen-bond donors (Lipinski definition) is 1. The first-order chi connectivity index (χ1) is 7.24. The Kier molecular flexibility index (Phi) is 6.17. The molecule has 0 aromatic carbocycles. The van der Waals surface area contributed by atoms with E-state index in [1.807, 2.05) is 7.05 Å². The molecule has 1 N–H and O–H groups in total. The molecule has 1 saturated heterocycles. The van der Waals surface area contributed by atoms with Crippen molar-refractivity contribution in [3.05, 3.63) is 0 Å². The van der Waals surface area contributed by atoms with E-state index in [-0.39, 0.29) is 0 Å². The Morgan fingerprint density at radius 1 is 1.53 bits per heavy atom. The Hall–Kier alpha value is -0.160. The summed E-state index contributed by atoms with van der Waals surface area (Å²) in [5.74, 6) is 0. The second-order valence-electron chi connectivity index (χ2n) is 4.24. The molecule has 15 heavy (non-hydrogen) atoms. The second-order valence-corrected chi connectivity index (χ2v) is 4.24. The summed E-state index contributed by atoms with van der Waals surface area (Å²) in [6, 6.07) is 0.500. The molecule has 1 aliphatic rings. The van der Waals surface area contributed by atoms with Crippen molar-refractivity contribution >= 4 is 0 Å². The van der Waals surface area contributed by atoms with Crippen molar-refractivity contribution in [3.63, 3.8) is 0 Å². The average molecular weight is 216 g/mol. The van der Waals surface area contributed by atoms with Crippen LogP contribution in [0, 0.1) is 0 Å². The Morgan fingerprint density at radius 3 is 3.00 bits per heavy atom. The molecule has 1 aliphatic heterocycles. The molecule has 1 atom stereocenters. The summed E-state index contributed by atoms with van der Waals surface area (Å²) in [6.45, 7) is 9.67. The molecule has 90 valence electrons. The monoisotopic (exact) mass is 216 g/mol. The van der Waals surface area contributed by atoms with Crippen LogP contribution < -0.4 is 5.32 Å². The van der Waals surface area contributed by atoms with E-state index < -0.39 is 0 Å². The summed E-state index contributed by atoms with van der Waals surface area (Å²) in [5, 5.41) is 3.20. The molecular weight excluding hydrogens is 192 g/mol. The van der Waals surface area contributed by atoms with Crippen molar-refractivity contribution in [2.24, 2.45) is 0 Å². The summed E-state index contributed by atoms with van der Waals surface area (Å²) in [6.07, 6.45) is 0.328. The van der Waals surface area contributed by atoms with Crippen molar-refractivity contribution < 1.29 is 9.47 Å². The van der Waals surface area contributed by atoms with E-state index in [9.17, 15) is 0 Å². The number of hydrogen-bond acceptors (Lipinski definition) is 4.